The molecule has 0 unspecified atom stereocenters. The smallest absolute Gasteiger partial charge is 0.227 e. The average Bonchev–Trinajstić information content (AvgIpc) is 2.60. The zero-order chi connectivity index (χ0) is 16.9. The highest BCUT2D eigenvalue weighted by molar-refractivity contribution is 5.96. The molecule has 5 nitrogen and oxygen atoms in total. The largest absolute Gasteiger partial charge is 0.377 e. The van der Waals surface area contributed by atoms with Crippen LogP contribution in [0.25, 0.3) is 0 Å². The molecule has 2 atom stereocenters. The molecule has 2 amide bonds. The molecule has 2 heterocycles. The third-order valence-electron chi connectivity index (χ3n) is 4.95. The molecule has 0 spiro atoms. The summed E-state index contributed by atoms with van der Waals surface area (Å²) in [6.45, 7) is 4.17. The van der Waals surface area contributed by atoms with E-state index in [-0.39, 0.29) is 23.8 Å². The summed E-state index contributed by atoms with van der Waals surface area (Å²) >= 11 is 0. The maximum Gasteiger partial charge on any atom is 0.227 e. The second kappa shape index (κ2) is 7.79. The lowest BCUT2D eigenvalue weighted by Crippen LogP contribution is -2.43. The van der Waals surface area contributed by atoms with Crippen LogP contribution in [-0.4, -0.2) is 42.5 Å². The van der Waals surface area contributed by atoms with Crippen molar-refractivity contribution >= 4 is 17.5 Å². The predicted octanol–water partition coefficient (Wildman–Crippen LogP) is 2.61. The first kappa shape index (κ1) is 17.0. The Morgan fingerprint density at radius 2 is 2.21 bits per heavy atom. The van der Waals surface area contributed by atoms with Crippen molar-refractivity contribution in [3.63, 3.8) is 0 Å². The number of rotatable bonds is 5. The molecular formula is C19H26N2O3. The number of carbonyl (C=O) groups is 2. The molecule has 5 heteroatoms. The van der Waals surface area contributed by atoms with Gasteiger partial charge in [0, 0.05) is 37.7 Å². The van der Waals surface area contributed by atoms with E-state index in [1.165, 1.54) is 0 Å². The number of likely N-dealkylation sites (tertiary alicyclic amines) is 1. The van der Waals surface area contributed by atoms with E-state index in [1.807, 2.05) is 36.1 Å². The lowest BCUT2D eigenvalue weighted by atomic mass is 9.89. The van der Waals surface area contributed by atoms with Gasteiger partial charge in [0.25, 0.3) is 0 Å². The van der Waals surface area contributed by atoms with Crippen LogP contribution in [0.4, 0.5) is 5.69 Å². The number of nitrogens with zero attached hydrogens (tertiary/aromatic N) is 1. The maximum atomic E-state index is 12.5. The fourth-order valence-corrected chi connectivity index (χ4v) is 3.64. The van der Waals surface area contributed by atoms with Crippen LogP contribution in [0.2, 0.25) is 0 Å². The van der Waals surface area contributed by atoms with E-state index in [2.05, 4.69) is 5.32 Å². The van der Waals surface area contributed by atoms with Crippen LogP contribution in [0, 0.1) is 5.92 Å². The van der Waals surface area contributed by atoms with E-state index in [1.54, 1.807) is 0 Å². The Morgan fingerprint density at radius 1 is 1.38 bits per heavy atom. The molecule has 1 aromatic rings. The van der Waals surface area contributed by atoms with E-state index in [0.717, 1.165) is 37.1 Å². The SMILES string of the molecule is CCO[C@H]1CCCN(C(=O)CC[C@@H]2Cc3ccccc3NC2=O)C1. The number of benzene rings is 1. The molecule has 0 aromatic heterocycles. The van der Waals surface area contributed by atoms with Gasteiger partial charge in [0.15, 0.2) is 0 Å². The van der Waals surface area contributed by atoms with Gasteiger partial charge in [-0.25, -0.2) is 0 Å². The van der Waals surface area contributed by atoms with Gasteiger partial charge in [0.1, 0.15) is 0 Å². The number of ether oxygens (including phenoxy) is 1. The highest BCUT2D eigenvalue weighted by atomic mass is 16.5. The molecule has 1 fully saturated rings. The van der Waals surface area contributed by atoms with Gasteiger partial charge in [-0.2, -0.15) is 0 Å². The Balaban J connectivity index is 1.52. The lowest BCUT2D eigenvalue weighted by Gasteiger charge is -2.33. The van der Waals surface area contributed by atoms with Crippen LogP contribution in [0.3, 0.4) is 0 Å². The van der Waals surface area contributed by atoms with Gasteiger partial charge >= 0.3 is 0 Å². The van der Waals surface area contributed by atoms with Crippen molar-refractivity contribution in [1.82, 2.24) is 4.90 Å². The minimum atomic E-state index is -0.115. The third-order valence-corrected chi connectivity index (χ3v) is 4.95. The Hall–Kier alpha value is -1.88. The average molecular weight is 330 g/mol. The number of para-hydroxylation sites is 1. The predicted molar refractivity (Wildman–Crippen MR) is 92.7 cm³/mol. The third kappa shape index (κ3) is 3.96. The Bertz CT molecular complexity index is 600. The summed E-state index contributed by atoms with van der Waals surface area (Å²) in [5, 5.41) is 2.95. The second-order valence-electron chi connectivity index (χ2n) is 6.65. The Kier molecular flexibility index (Phi) is 5.51. The number of anilines is 1. The highest BCUT2D eigenvalue weighted by Crippen LogP contribution is 2.28. The van der Waals surface area contributed by atoms with Crippen molar-refractivity contribution in [3.05, 3.63) is 29.8 Å². The monoisotopic (exact) mass is 330 g/mol. The van der Waals surface area contributed by atoms with Crippen LogP contribution in [-0.2, 0) is 20.7 Å². The Labute approximate surface area is 143 Å². The van der Waals surface area contributed by atoms with Crippen molar-refractivity contribution in [2.45, 2.75) is 45.1 Å². The number of hydrogen-bond acceptors (Lipinski definition) is 3. The number of piperidine rings is 1. The van der Waals surface area contributed by atoms with E-state index >= 15 is 0 Å². The number of fused-ring (bicyclic) bond motifs is 1. The van der Waals surface area contributed by atoms with Gasteiger partial charge in [-0.15, -0.1) is 0 Å². The molecule has 0 radical (unpaired) electrons. The number of amides is 2. The quantitative estimate of drug-likeness (QED) is 0.903. The molecule has 130 valence electrons. The molecule has 0 saturated carbocycles. The van der Waals surface area contributed by atoms with Gasteiger partial charge < -0.3 is 15.0 Å². The number of hydrogen-bond donors (Lipinski definition) is 1. The fourth-order valence-electron chi connectivity index (χ4n) is 3.64. The highest BCUT2D eigenvalue weighted by Gasteiger charge is 2.28. The minimum Gasteiger partial charge on any atom is -0.377 e. The molecule has 2 aliphatic heterocycles. The zero-order valence-corrected chi connectivity index (χ0v) is 14.3. The summed E-state index contributed by atoms with van der Waals surface area (Å²) in [5.74, 6) is 0.0646. The topological polar surface area (TPSA) is 58.6 Å². The first-order valence-corrected chi connectivity index (χ1v) is 8.95. The van der Waals surface area contributed by atoms with Crippen molar-refractivity contribution < 1.29 is 14.3 Å². The molecule has 1 saturated heterocycles. The van der Waals surface area contributed by atoms with Gasteiger partial charge in [-0.05, 0) is 44.2 Å². The van der Waals surface area contributed by atoms with E-state index in [0.29, 0.717) is 26.0 Å². The van der Waals surface area contributed by atoms with Gasteiger partial charge in [-0.3, -0.25) is 9.59 Å². The maximum absolute atomic E-state index is 12.5. The van der Waals surface area contributed by atoms with E-state index in [9.17, 15) is 9.59 Å². The van der Waals surface area contributed by atoms with Crippen molar-refractivity contribution in [3.8, 4) is 0 Å². The molecule has 24 heavy (non-hydrogen) atoms. The summed E-state index contributed by atoms with van der Waals surface area (Å²) in [5.41, 5.74) is 2.06. The van der Waals surface area contributed by atoms with Gasteiger partial charge in [0.2, 0.25) is 11.8 Å². The summed E-state index contributed by atoms with van der Waals surface area (Å²) in [7, 11) is 0. The summed E-state index contributed by atoms with van der Waals surface area (Å²) < 4.78 is 5.66. The summed E-state index contributed by atoms with van der Waals surface area (Å²) in [6.07, 6.45) is 3.94. The molecule has 2 aliphatic rings. The van der Waals surface area contributed by atoms with Crippen molar-refractivity contribution in [2.24, 2.45) is 5.92 Å². The summed E-state index contributed by atoms with van der Waals surface area (Å²) in [6, 6.07) is 7.88. The molecule has 0 aliphatic carbocycles. The van der Waals surface area contributed by atoms with E-state index < -0.39 is 0 Å². The minimum absolute atomic E-state index is 0.0346. The van der Waals surface area contributed by atoms with Crippen LogP contribution in [0.15, 0.2) is 24.3 Å². The van der Waals surface area contributed by atoms with Crippen LogP contribution >= 0.6 is 0 Å². The van der Waals surface area contributed by atoms with Crippen LogP contribution < -0.4 is 5.32 Å². The first-order chi connectivity index (χ1) is 11.7. The van der Waals surface area contributed by atoms with Crippen LogP contribution in [0.5, 0.6) is 0 Å². The molecular weight excluding hydrogens is 304 g/mol. The second-order valence-corrected chi connectivity index (χ2v) is 6.65. The standard InChI is InChI=1S/C19H26N2O3/c1-2-24-16-7-5-11-21(13-16)18(22)10-9-15-12-14-6-3-4-8-17(14)20-19(15)23/h3-4,6,8,15-16H,2,5,7,9-13H2,1H3,(H,20,23)/t15-,16+/m1/s1. The normalized spacial score (nSPS) is 23.5. The van der Waals surface area contributed by atoms with Crippen LogP contribution in [0.1, 0.15) is 38.2 Å². The molecule has 1 aromatic carbocycles. The van der Waals surface area contributed by atoms with Gasteiger partial charge in [-0.1, -0.05) is 18.2 Å². The molecule has 3 rings (SSSR count). The number of carbonyl (C=O) groups excluding carboxylic acids is 2. The Morgan fingerprint density at radius 3 is 3.04 bits per heavy atom. The molecule has 0 bridgehead atoms. The molecule has 1 N–H and O–H groups in total. The number of nitrogens with one attached hydrogen (secondary N) is 1. The van der Waals surface area contributed by atoms with Gasteiger partial charge in [0.05, 0.1) is 6.10 Å². The zero-order valence-electron chi connectivity index (χ0n) is 14.3. The first-order valence-electron chi connectivity index (χ1n) is 8.95. The fraction of sp³-hybridized carbons (Fsp3) is 0.579. The summed E-state index contributed by atoms with van der Waals surface area (Å²) in [4.78, 5) is 26.6. The lowest BCUT2D eigenvalue weighted by molar-refractivity contribution is -0.135. The van der Waals surface area contributed by atoms with Crippen molar-refractivity contribution in [2.75, 3.05) is 25.0 Å². The van der Waals surface area contributed by atoms with Crippen molar-refractivity contribution in [1.29, 1.82) is 0 Å². The van der Waals surface area contributed by atoms with E-state index in [4.69, 9.17) is 4.74 Å².